The minimum atomic E-state index is 0.446. The summed E-state index contributed by atoms with van der Waals surface area (Å²) in [4.78, 5) is 7.90. The maximum atomic E-state index is 5.50. The van der Waals surface area contributed by atoms with Gasteiger partial charge in [0.2, 0.25) is 5.89 Å². The largest absolute Gasteiger partial charge is 0.370 e. The van der Waals surface area contributed by atoms with Crippen molar-refractivity contribution in [1.82, 2.24) is 15.5 Å². The topological polar surface area (TPSA) is 89.3 Å². The summed E-state index contributed by atoms with van der Waals surface area (Å²) < 4.78 is 4.78. The summed E-state index contributed by atoms with van der Waals surface area (Å²) in [7, 11) is 0. The van der Waals surface area contributed by atoms with Gasteiger partial charge >= 0.3 is 0 Å². The van der Waals surface area contributed by atoms with E-state index in [-0.39, 0.29) is 0 Å². The summed E-state index contributed by atoms with van der Waals surface area (Å²) in [5.41, 5.74) is 5.50. The van der Waals surface area contributed by atoms with E-state index in [2.05, 4.69) is 20.4 Å². The van der Waals surface area contributed by atoms with Gasteiger partial charge < -0.3 is 15.6 Å². The molecule has 1 aromatic rings. The molecule has 6 nitrogen and oxygen atoms in total. The summed E-state index contributed by atoms with van der Waals surface area (Å²) >= 11 is 0. The fraction of sp³-hybridized carbons (Fsp3) is 0.571. The highest BCUT2D eigenvalue weighted by Gasteiger charge is 1.96. The van der Waals surface area contributed by atoms with Crippen molar-refractivity contribution < 1.29 is 4.52 Å². The molecule has 6 heteroatoms. The molecular weight excluding hydrogens is 170 g/mol. The highest BCUT2D eigenvalue weighted by Crippen LogP contribution is 1.91. The Morgan fingerprint density at radius 3 is 3.23 bits per heavy atom. The molecule has 0 fully saturated rings. The second-order valence-electron chi connectivity index (χ2n) is 2.38. The molecule has 72 valence electrons. The summed E-state index contributed by atoms with van der Waals surface area (Å²) in [5.74, 6) is 1.02. The van der Waals surface area contributed by atoms with Gasteiger partial charge in [-0.1, -0.05) is 5.16 Å². The zero-order chi connectivity index (χ0) is 9.52. The summed E-state index contributed by atoms with van der Waals surface area (Å²) in [6.45, 7) is 3.29. The number of nitrogens with one attached hydrogen (secondary N) is 1. The van der Waals surface area contributed by atoms with Crippen LogP contribution in [0.4, 0.5) is 0 Å². The number of guanidine groups is 1. The smallest absolute Gasteiger partial charge is 0.228 e. The van der Waals surface area contributed by atoms with Crippen LogP contribution in [0.5, 0.6) is 0 Å². The molecule has 0 atom stereocenters. The van der Waals surface area contributed by atoms with Crippen LogP contribution in [0.25, 0.3) is 0 Å². The normalized spacial score (nSPS) is 11.6. The van der Waals surface area contributed by atoms with Crippen LogP contribution in [0, 0.1) is 0 Å². The first-order valence-electron chi connectivity index (χ1n) is 4.12. The van der Waals surface area contributed by atoms with Crippen LogP contribution < -0.4 is 11.1 Å². The zero-order valence-electron chi connectivity index (χ0n) is 7.53. The van der Waals surface area contributed by atoms with Crippen molar-refractivity contribution in [3.05, 3.63) is 12.2 Å². The first kappa shape index (κ1) is 9.50. The van der Waals surface area contributed by atoms with Crippen molar-refractivity contribution in [1.29, 1.82) is 0 Å². The molecule has 0 aliphatic carbocycles. The molecular formula is C7H13N5O. The highest BCUT2D eigenvalue weighted by molar-refractivity contribution is 5.77. The van der Waals surface area contributed by atoms with Gasteiger partial charge in [-0.25, -0.2) is 0 Å². The van der Waals surface area contributed by atoms with Crippen molar-refractivity contribution >= 4 is 5.96 Å². The molecule has 0 amide bonds. The molecule has 0 saturated heterocycles. The number of rotatable bonds is 4. The Balaban J connectivity index is 2.24. The van der Waals surface area contributed by atoms with Crippen molar-refractivity contribution in [3.63, 3.8) is 0 Å². The molecule has 1 heterocycles. The molecule has 0 aliphatic rings. The molecule has 0 bridgehead atoms. The predicted molar refractivity (Wildman–Crippen MR) is 48.2 cm³/mol. The van der Waals surface area contributed by atoms with Crippen LogP contribution in [0.1, 0.15) is 12.8 Å². The first-order valence-corrected chi connectivity index (χ1v) is 4.12. The van der Waals surface area contributed by atoms with Gasteiger partial charge in [0.1, 0.15) is 0 Å². The maximum Gasteiger partial charge on any atom is 0.228 e. The quantitative estimate of drug-likeness (QED) is 0.487. The van der Waals surface area contributed by atoms with E-state index in [0.29, 0.717) is 24.8 Å². The molecule has 1 aromatic heterocycles. The Kier molecular flexibility index (Phi) is 3.74. The van der Waals surface area contributed by atoms with E-state index in [1.165, 1.54) is 6.33 Å². The summed E-state index contributed by atoms with van der Waals surface area (Å²) in [6, 6.07) is 0. The molecule has 3 N–H and O–H groups in total. The lowest BCUT2D eigenvalue weighted by Gasteiger charge is -1.99. The first-order chi connectivity index (χ1) is 6.33. The second-order valence-corrected chi connectivity index (χ2v) is 2.38. The van der Waals surface area contributed by atoms with Crippen LogP contribution in [0.15, 0.2) is 15.8 Å². The van der Waals surface area contributed by atoms with Gasteiger partial charge in [0.05, 0.1) is 6.54 Å². The minimum absolute atomic E-state index is 0.446. The Morgan fingerprint density at radius 1 is 1.77 bits per heavy atom. The third-order valence-electron chi connectivity index (χ3n) is 1.37. The van der Waals surface area contributed by atoms with E-state index in [9.17, 15) is 0 Å². The Morgan fingerprint density at radius 2 is 2.62 bits per heavy atom. The number of nitrogens with zero attached hydrogens (tertiary/aromatic N) is 3. The van der Waals surface area contributed by atoms with Crippen LogP contribution >= 0.6 is 0 Å². The lowest BCUT2D eigenvalue weighted by atomic mass is 10.4. The zero-order valence-corrected chi connectivity index (χ0v) is 7.53. The summed E-state index contributed by atoms with van der Waals surface area (Å²) in [6.07, 6.45) is 1.98. The predicted octanol–water partition coefficient (Wildman–Crippen LogP) is -0.464. The average Bonchev–Trinajstić information content (AvgIpc) is 2.57. The van der Waals surface area contributed by atoms with Gasteiger partial charge in [0.15, 0.2) is 12.3 Å². The van der Waals surface area contributed by atoms with Gasteiger partial charge in [-0.15, -0.1) is 0 Å². The number of hydrogen-bond acceptors (Lipinski definition) is 4. The number of aromatic nitrogens is 2. The molecule has 0 aromatic carbocycles. The highest BCUT2D eigenvalue weighted by atomic mass is 16.5. The van der Waals surface area contributed by atoms with Gasteiger partial charge in [0.25, 0.3) is 0 Å². The molecule has 0 aliphatic heterocycles. The van der Waals surface area contributed by atoms with Crippen molar-refractivity contribution in [3.8, 4) is 0 Å². The van der Waals surface area contributed by atoms with Gasteiger partial charge in [-0.3, -0.25) is 4.99 Å². The van der Waals surface area contributed by atoms with Crippen LogP contribution in [-0.4, -0.2) is 29.2 Å². The lowest BCUT2D eigenvalue weighted by molar-refractivity contribution is 0.379. The van der Waals surface area contributed by atoms with Gasteiger partial charge in [0, 0.05) is 13.0 Å². The standard InChI is InChI=1S/C7H13N5O/c1-2-9-7(8)10-4-3-6-11-5-12-13-6/h5H,2-4H2,1H3,(H3,8,9,10). The Bertz CT molecular complexity index is 256. The molecule has 0 saturated carbocycles. The van der Waals surface area contributed by atoms with Gasteiger partial charge in [-0.2, -0.15) is 4.98 Å². The van der Waals surface area contributed by atoms with Crippen LogP contribution in [0.3, 0.4) is 0 Å². The van der Waals surface area contributed by atoms with E-state index in [1.54, 1.807) is 0 Å². The SMILES string of the molecule is CCNC(N)=NCCc1ncno1. The third kappa shape index (κ3) is 3.55. The molecule has 0 spiro atoms. The minimum Gasteiger partial charge on any atom is -0.370 e. The number of hydrogen-bond donors (Lipinski definition) is 2. The average molecular weight is 183 g/mol. The monoisotopic (exact) mass is 183 g/mol. The molecule has 0 unspecified atom stereocenters. The van der Waals surface area contributed by atoms with E-state index in [1.807, 2.05) is 6.92 Å². The molecule has 0 radical (unpaired) electrons. The van der Waals surface area contributed by atoms with E-state index in [4.69, 9.17) is 10.3 Å². The Labute approximate surface area is 76.2 Å². The molecule has 13 heavy (non-hydrogen) atoms. The number of aliphatic imine (C=N–C) groups is 1. The van der Waals surface area contributed by atoms with E-state index < -0.39 is 0 Å². The van der Waals surface area contributed by atoms with Crippen LogP contribution in [-0.2, 0) is 6.42 Å². The third-order valence-corrected chi connectivity index (χ3v) is 1.37. The fourth-order valence-corrected chi connectivity index (χ4v) is 0.815. The Hall–Kier alpha value is -1.59. The fourth-order valence-electron chi connectivity index (χ4n) is 0.815. The van der Waals surface area contributed by atoms with E-state index in [0.717, 1.165) is 6.54 Å². The van der Waals surface area contributed by atoms with Gasteiger partial charge in [-0.05, 0) is 6.92 Å². The molecule has 1 rings (SSSR count). The van der Waals surface area contributed by atoms with Crippen molar-refractivity contribution in [2.45, 2.75) is 13.3 Å². The lowest BCUT2D eigenvalue weighted by Crippen LogP contribution is -2.31. The summed E-state index contributed by atoms with van der Waals surface area (Å²) in [5, 5.41) is 6.36. The van der Waals surface area contributed by atoms with Crippen molar-refractivity contribution in [2.75, 3.05) is 13.1 Å². The maximum absolute atomic E-state index is 5.50. The second kappa shape index (κ2) is 5.13. The van der Waals surface area contributed by atoms with E-state index >= 15 is 0 Å². The van der Waals surface area contributed by atoms with Crippen molar-refractivity contribution in [2.24, 2.45) is 10.7 Å². The number of nitrogens with two attached hydrogens (primary N) is 1. The van der Waals surface area contributed by atoms with Crippen LogP contribution in [0.2, 0.25) is 0 Å².